The van der Waals surface area contributed by atoms with Crippen LogP contribution in [0.5, 0.6) is 0 Å². The van der Waals surface area contributed by atoms with Gasteiger partial charge in [-0.05, 0) is 42.5 Å². The Balaban J connectivity index is 1.28. The average molecular weight is 557 g/mol. The van der Waals surface area contributed by atoms with Crippen molar-refractivity contribution in [2.75, 3.05) is 12.4 Å². The van der Waals surface area contributed by atoms with Crippen LogP contribution in [0.15, 0.2) is 54.9 Å². The minimum absolute atomic E-state index is 0.107. The molecule has 2 heterocycles. The molecule has 3 aliphatic rings. The van der Waals surface area contributed by atoms with E-state index in [1.807, 2.05) is 18.2 Å². The molecule has 0 aliphatic heterocycles. The lowest BCUT2D eigenvalue weighted by Crippen LogP contribution is -2.41. The number of rotatable bonds is 5. The SMILES string of the molecule is CNC(=O)[C@]12CC1[C@@H](n1cnc3c(NC4CC4c4ccccc4)nc(C#Cc4ccc(F)c(F)c4)nc31)C(O)[C@@H]2O. The van der Waals surface area contributed by atoms with Crippen LogP contribution in [-0.2, 0) is 4.79 Å². The fourth-order valence-electron chi connectivity index (χ4n) is 6.38. The second-order valence-corrected chi connectivity index (χ2v) is 11.0. The van der Waals surface area contributed by atoms with E-state index in [0.717, 1.165) is 18.6 Å². The van der Waals surface area contributed by atoms with Crippen LogP contribution in [0, 0.1) is 34.8 Å². The number of hydrogen-bond donors (Lipinski definition) is 4. The zero-order valence-corrected chi connectivity index (χ0v) is 21.9. The molecule has 9 nitrogen and oxygen atoms in total. The molecule has 0 bridgehead atoms. The number of amides is 1. The lowest BCUT2D eigenvalue weighted by molar-refractivity contribution is -0.132. The normalized spacial score (nSPS) is 29.4. The predicted octanol–water partition coefficient (Wildman–Crippen LogP) is 2.50. The molecule has 0 radical (unpaired) electrons. The van der Waals surface area contributed by atoms with Gasteiger partial charge in [0.1, 0.15) is 6.10 Å². The predicted molar refractivity (Wildman–Crippen MR) is 145 cm³/mol. The maximum Gasteiger partial charge on any atom is 0.229 e. The van der Waals surface area contributed by atoms with Crippen molar-refractivity contribution < 1.29 is 23.8 Å². The molecule has 4 unspecified atom stereocenters. The van der Waals surface area contributed by atoms with Crippen LogP contribution in [0.4, 0.5) is 14.6 Å². The summed E-state index contributed by atoms with van der Waals surface area (Å²) >= 11 is 0. The molecule has 208 valence electrons. The van der Waals surface area contributed by atoms with Crippen LogP contribution >= 0.6 is 0 Å². The van der Waals surface area contributed by atoms with E-state index in [9.17, 15) is 23.8 Å². The fraction of sp³-hybridized carbons (Fsp3) is 0.333. The van der Waals surface area contributed by atoms with Gasteiger partial charge in [0.05, 0.1) is 23.9 Å². The number of aliphatic hydroxyl groups excluding tert-OH is 2. The second kappa shape index (κ2) is 9.33. The first-order chi connectivity index (χ1) is 19.8. The van der Waals surface area contributed by atoms with Gasteiger partial charge in [0.25, 0.3) is 0 Å². The summed E-state index contributed by atoms with van der Waals surface area (Å²) in [4.78, 5) is 26.4. The highest BCUT2D eigenvalue weighted by atomic mass is 19.2. The summed E-state index contributed by atoms with van der Waals surface area (Å²) in [5.74, 6) is 3.90. The van der Waals surface area contributed by atoms with Crippen LogP contribution in [0.1, 0.15) is 41.8 Å². The third-order valence-electron chi connectivity index (χ3n) is 8.64. The van der Waals surface area contributed by atoms with E-state index in [0.29, 0.717) is 29.3 Å². The van der Waals surface area contributed by atoms with Crippen molar-refractivity contribution in [1.29, 1.82) is 0 Å². The molecule has 11 heteroatoms. The topological polar surface area (TPSA) is 125 Å². The molecule has 0 spiro atoms. The Morgan fingerprint density at radius 3 is 2.66 bits per heavy atom. The molecule has 1 amide bonds. The van der Waals surface area contributed by atoms with Gasteiger partial charge in [-0.3, -0.25) is 4.79 Å². The third-order valence-corrected chi connectivity index (χ3v) is 8.64. The molecule has 0 saturated heterocycles. The molecule has 4 N–H and O–H groups in total. The first-order valence-corrected chi connectivity index (χ1v) is 13.4. The molecule has 41 heavy (non-hydrogen) atoms. The van der Waals surface area contributed by atoms with E-state index in [-0.39, 0.29) is 29.3 Å². The van der Waals surface area contributed by atoms with Gasteiger partial charge in [-0.15, -0.1) is 0 Å². The Labute approximate surface area is 233 Å². The number of anilines is 1. The highest BCUT2D eigenvalue weighted by molar-refractivity contribution is 5.88. The number of nitrogens with zero attached hydrogens (tertiary/aromatic N) is 4. The summed E-state index contributed by atoms with van der Waals surface area (Å²) in [6.07, 6.45) is 0.417. The number of aromatic nitrogens is 4. The van der Waals surface area contributed by atoms with Crippen molar-refractivity contribution in [3.8, 4) is 11.8 Å². The zero-order valence-electron chi connectivity index (χ0n) is 21.9. The Bertz CT molecular complexity index is 1750. The molecule has 2 aromatic carbocycles. The zero-order chi connectivity index (χ0) is 28.5. The van der Waals surface area contributed by atoms with Crippen molar-refractivity contribution in [3.63, 3.8) is 0 Å². The first kappa shape index (κ1) is 25.6. The number of fused-ring (bicyclic) bond motifs is 2. The van der Waals surface area contributed by atoms with E-state index in [2.05, 4.69) is 49.6 Å². The fourth-order valence-corrected chi connectivity index (χ4v) is 6.38. The van der Waals surface area contributed by atoms with Crippen LogP contribution in [0.3, 0.4) is 0 Å². The number of benzene rings is 2. The molecular formula is C30H26F2N6O3. The lowest BCUT2D eigenvalue weighted by Gasteiger charge is -2.23. The highest BCUT2D eigenvalue weighted by Crippen LogP contribution is 2.67. The molecule has 7 atom stereocenters. The first-order valence-electron chi connectivity index (χ1n) is 13.4. The summed E-state index contributed by atoms with van der Waals surface area (Å²) < 4.78 is 28.8. The van der Waals surface area contributed by atoms with E-state index in [1.165, 1.54) is 25.0 Å². The summed E-state index contributed by atoms with van der Waals surface area (Å²) in [5, 5.41) is 28.0. The summed E-state index contributed by atoms with van der Waals surface area (Å²) in [5.41, 5.74) is 1.24. The number of halogens is 2. The molecule has 2 aromatic heterocycles. The van der Waals surface area contributed by atoms with Gasteiger partial charge < -0.3 is 25.4 Å². The van der Waals surface area contributed by atoms with Gasteiger partial charge in [-0.2, -0.15) is 0 Å². The van der Waals surface area contributed by atoms with Crippen molar-refractivity contribution in [3.05, 3.63) is 83.4 Å². The number of imidazole rings is 1. The van der Waals surface area contributed by atoms with E-state index in [1.54, 1.807) is 4.57 Å². The Kier molecular flexibility index (Phi) is 5.81. The van der Waals surface area contributed by atoms with Crippen LogP contribution in [-0.4, -0.2) is 60.9 Å². The minimum Gasteiger partial charge on any atom is -0.389 e. The molecule has 7 rings (SSSR count). The Hall–Kier alpha value is -4.40. The number of nitrogens with one attached hydrogen (secondary N) is 2. The molecule has 3 saturated carbocycles. The van der Waals surface area contributed by atoms with Crippen LogP contribution in [0.25, 0.3) is 11.2 Å². The van der Waals surface area contributed by atoms with Gasteiger partial charge in [0, 0.05) is 30.5 Å². The summed E-state index contributed by atoms with van der Waals surface area (Å²) in [7, 11) is 1.51. The lowest BCUT2D eigenvalue weighted by atomic mass is 9.98. The van der Waals surface area contributed by atoms with Crippen molar-refractivity contribution >= 4 is 22.9 Å². The van der Waals surface area contributed by atoms with Gasteiger partial charge >= 0.3 is 0 Å². The number of hydrogen-bond acceptors (Lipinski definition) is 7. The Morgan fingerprint density at radius 2 is 1.90 bits per heavy atom. The van der Waals surface area contributed by atoms with Crippen LogP contribution < -0.4 is 10.6 Å². The summed E-state index contributed by atoms with van der Waals surface area (Å²) in [6, 6.07) is 13.0. The second-order valence-electron chi connectivity index (χ2n) is 11.0. The van der Waals surface area contributed by atoms with Crippen molar-refractivity contribution in [1.82, 2.24) is 24.8 Å². The van der Waals surface area contributed by atoms with Gasteiger partial charge in [-0.25, -0.2) is 23.7 Å². The number of carbonyl (C=O) groups excluding carboxylic acids is 1. The van der Waals surface area contributed by atoms with E-state index >= 15 is 0 Å². The average Bonchev–Trinajstić information content (AvgIpc) is 3.86. The maximum atomic E-state index is 13.7. The monoisotopic (exact) mass is 556 g/mol. The molecule has 3 aliphatic carbocycles. The van der Waals surface area contributed by atoms with Crippen LogP contribution in [0.2, 0.25) is 0 Å². The molecule has 4 aromatic rings. The van der Waals surface area contributed by atoms with Crippen molar-refractivity contribution in [2.24, 2.45) is 11.3 Å². The van der Waals surface area contributed by atoms with Crippen molar-refractivity contribution in [2.45, 2.75) is 43.1 Å². The Morgan fingerprint density at radius 1 is 1.10 bits per heavy atom. The van der Waals surface area contributed by atoms with Gasteiger partial charge in [0.15, 0.2) is 28.6 Å². The number of carbonyl (C=O) groups is 1. The van der Waals surface area contributed by atoms with E-state index < -0.39 is 35.3 Å². The number of aliphatic hydroxyl groups is 2. The maximum absolute atomic E-state index is 13.7. The van der Waals surface area contributed by atoms with Gasteiger partial charge in [0.2, 0.25) is 11.7 Å². The minimum atomic E-state index is -1.24. The third kappa shape index (κ3) is 4.05. The highest BCUT2D eigenvalue weighted by Gasteiger charge is 2.75. The molecule has 3 fully saturated rings. The smallest absolute Gasteiger partial charge is 0.229 e. The van der Waals surface area contributed by atoms with Gasteiger partial charge in [-0.1, -0.05) is 36.3 Å². The standard InChI is InChI=1S/C30H26F2N6O3/c1-33-29(41)30-13-18(30)24(25(39)26(30)40)38-14-34-23-27(35-21-12-17(21)16-5-3-2-4-6-16)36-22(37-28(23)38)10-8-15-7-9-19(31)20(32)11-15/h2-7,9,11,14,17-18,21,24-26,39-40H,12-13H2,1H3,(H,33,41)(H,35,36,37)/t17?,18?,21?,24-,25?,26+,30-/m1/s1. The summed E-state index contributed by atoms with van der Waals surface area (Å²) in [6.45, 7) is 0. The van der Waals surface area contributed by atoms with E-state index in [4.69, 9.17) is 0 Å². The molecular weight excluding hydrogens is 530 g/mol. The quantitative estimate of drug-likeness (QED) is 0.279. The largest absolute Gasteiger partial charge is 0.389 e.